The van der Waals surface area contributed by atoms with Gasteiger partial charge in [0, 0.05) is 10.9 Å². The van der Waals surface area contributed by atoms with Gasteiger partial charge in [0.1, 0.15) is 0 Å². The molecule has 0 bridgehead atoms. The van der Waals surface area contributed by atoms with Gasteiger partial charge in [-0.1, -0.05) is 17.8 Å². The SMILES string of the molecule is CC1=Nc2c(c(=O)[nH]n2C(C)C)[C@H](c2cccs2)S1. The van der Waals surface area contributed by atoms with E-state index < -0.39 is 0 Å². The number of aliphatic imine (C=N–C) groups is 1. The first-order valence-corrected chi connectivity index (χ1v) is 7.93. The van der Waals surface area contributed by atoms with Crippen LogP contribution in [0.2, 0.25) is 0 Å². The summed E-state index contributed by atoms with van der Waals surface area (Å²) < 4.78 is 1.86. The second-order valence-electron chi connectivity index (χ2n) is 4.79. The van der Waals surface area contributed by atoms with E-state index in [1.165, 1.54) is 4.88 Å². The summed E-state index contributed by atoms with van der Waals surface area (Å²) in [6.45, 7) is 6.09. The number of thiophene rings is 1. The van der Waals surface area contributed by atoms with Crippen LogP contribution in [0.15, 0.2) is 27.3 Å². The predicted molar refractivity (Wildman–Crippen MR) is 82.0 cm³/mol. The first-order chi connectivity index (χ1) is 9.08. The van der Waals surface area contributed by atoms with Crippen LogP contribution in [-0.4, -0.2) is 14.8 Å². The molecule has 4 nitrogen and oxygen atoms in total. The van der Waals surface area contributed by atoms with Gasteiger partial charge in [-0.05, 0) is 32.2 Å². The molecular weight excluding hydrogens is 278 g/mol. The predicted octanol–water partition coefficient (Wildman–Crippen LogP) is 3.70. The van der Waals surface area contributed by atoms with Gasteiger partial charge in [0.2, 0.25) is 0 Å². The normalized spacial score (nSPS) is 18.5. The molecule has 0 amide bonds. The van der Waals surface area contributed by atoms with Crippen LogP contribution in [0.25, 0.3) is 0 Å². The summed E-state index contributed by atoms with van der Waals surface area (Å²) in [6, 6.07) is 4.30. The summed E-state index contributed by atoms with van der Waals surface area (Å²) in [5.74, 6) is 0.787. The molecule has 6 heteroatoms. The third kappa shape index (κ3) is 2.08. The zero-order valence-electron chi connectivity index (χ0n) is 11.0. The first-order valence-electron chi connectivity index (χ1n) is 6.17. The number of hydrogen-bond donors (Lipinski definition) is 1. The van der Waals surface area contributed by atoms with Crippen molar-refractivity contribution in [3.8, 4) is 0 Å². The van der Waals surface area contributed by atoms with Crippen LogP contribution < -0.4 is 5.56 Å². The van der Waals surface area contributed by atoms with Gasteiger partial charge in [-0.25, -0.2) is 4.99 Å². The van der Waals surface area contributed by atoms with Crippen molar-refractivity contribution >= 4 is 34.0 Å². The third-order valence-electron chi connectivity index (χ3n) is 3.07. The van der Waals surface area contributed by atoms with Crippen LogP contribution in [0.3, 0.4) is 0 Å². The second-order valence-corrected chi connectivity index (χ2v) is 7.06. The van der Waals surface area contributed by atoms with E-state index in [1.807, 2.05) is 36.9 Å². The number of thioether (sulfide) groups is 1. The second kappa shape index (κ2) is 4.68. The summed E-state index contributed by atoms with van der Waals surface area (Å²) in [7, 11) is 0. The van der Waals surface area contributed by atoms with Gasteiger partial charge in [-0.2, -0.15) is 0 Å². The Bertz CT molecular complexity index is 679. The summed E-state index contributed by atoms with van der Waals surface area (Å²) in [5.41, 5.74) is 0.762. The highest BCUT2D eigenvalue weighted by Gasteiger charge is 2.30. The summed E-state index contributed by atoms with van der Waals surface area (Å²) in [5, 5.41) is 6.02. The van der Waals surface area contributed by atoms with Gasteiger partial charge in [-0.15, -0.1) is 11.3 Å². The first kappa shape index (κ1) is 12.7. The van der Waals surface area contributed by atoms with Crippen LogP contribution >= 0.6 is 23.1 Å². The number of aromatic nitrogens is 2. The van der Waals surface area contributed by atoms with Crippen LogP contribution in [-0.2, 0) is 0 Å². The van der Waals surface area contributed by atoms with Crippen molar-refractivity contribution in [1.29, 1.82) is 0 Å². The zero-order chi connectivity index (χ0) is 13.6. The van der Waals surface area contributed by atoms with Gasteiger partial charge in [0.15, 0.2) is 5.82 Å². The lowest BCUT2D eigenvalue weighted by Gasteiger charge is -2.20. The Labute approximate surface area is 119 Å². The van der Waals surface area contributed by atoms with Gasteiger partial charge < -0.3 is 0 Å². The van der Waals surface area contributed by atoms with Crippen molar-refractivity contribution < 1.29 is 0 Å². The van der Waals surface area contributed by atoms with Crippen molar-refractivity contribution in [3.05, 3.63) is 38.3 Å². The van der Waals surface area contributed by atoms with Crippen molar-refractivity contribution in [2.45, 2.75) is 32.1 Å². The van der Waals surface area contributed by atoms with Gasteiger partial charge in [0.25, 0.3) is 5.56 Å². The van der Waals surface area contributed by atoms with Gasteiger partial charge in [-0.3, -0.25) is 14.6 Å². The number of fused-ring (bicyclic) bond motifs is 1. The Balaban J connectivity index is 2.22. The molecule has 0 fully saturated rings. The molecule has 0 aliphatic carbocycles. The number of aromatic amines is 1. The lowest BCUT2D eigenvalue weighted by molar-refractivity contribution is 0.533. The monoisotopic (exact) mass is 293 g/mol. The van der Waals surface area contributed by atoms with E-state index in [9.17, 15) is 4.79 Å². The Hall–Kier alpha value is -1.27. The quantitative estimate of drug-likeness (QED) is 0.917. The lowest BCUT2D eigenvalue weighted by atomic mass is 10.2. The van der Waals surface area contributed by atoms with E-state index in [0.717, 1.165) is 16.4 Å². The molecule has 100 valence electrons. The van der Waals surface area contributed by atoms with Crippen LogP contribution in [0, 0.1) is 0 Å². The maximum atomic E-state index is 12.2. The molecule has 0 saturated carbocycles. The minimum absolute atomic E-state index is 0.0224. The number of hydrogen-bond acceptors (Lipinski definition) is 4. The molecule has 0 radical (unpaired) electrons. The molecule has 0 saturated heterocycles. The Morgan fingerprint density at radius 3 is 2.89 bits per heavy atom. The minimum atomic E-state index is -0.0224. The van der Waals surface area contributed by atoms with Crippen molar-refractivity contribution in [2.75, 3.05) is 0 Å². The fourth-order valence-electron chi connectivity index (χ4n) is 2.22. The highest BCUT2D eigenvalue weighted by molar-refractivity contribution is 8.14. The molecule has 3 heterocycles. The molecule has 1 N–H and O–H groups in total. The van der Waals surface area contributed by atoms with Crippen LogP contribution in [0.4, 0.5) is 5.82 Å². The van der Waals surface area contributed by atoms with Crippen molar-refractivity contribution in [2.24, 2.45) is 4.99 Å². The molecule has 0 spiro atoms. The minimum Gasteiger partial charge on any atom is -0.268 e. The van der Waals surface area contributed by atoms with E-state index in [-0.39, 0.29) is 16.9 Å². The molecule has 1 aliphatic rings. The lowest BCUT2D eigenvalue weighted by Crippen LogP contribution is -2.12. The topological polar surface area (TPSA) is 50.1 Å². The van der Waals surface area contributed by atoms with E-state index in [2.05, 4.69) is 16.2 Å². The molecule has 1 atom stereocenters. The highest BCUT2D eigenvalue weighted by Crippen LogP contribution is 2.45. The van der Waals surface area contributed by atoms with Crippen molar-refractivity contribution in [3.63, 3.8) is 0 Å². The van der Waals surface area contributed by atoms with Gasteiger partial charge in [0.05, 0.1) is 15.9 Å². The smallest absolute Gasteiger partial charge is 0.268 e. The average molecular weight is 293 g/mol. The highest BCUT2D eigenvalue weighted by atomic mass is 32.2. The maximum absolute atomic E-state index is 12.2. The largest absolute Gasteiger partial charge is 0.271 e. The number of rotatable bonds is 2. The molecule has 1 aliphatic heterocycles. The summed E-state index contributed by atoms with van der Waals surface area (Å²) in [4.78, 5) is 18.0. The number of nitrogens with one attached hydrogen (secondary N) is 1. The molecule has 2 aromatic heterocycles. The standard InChI is InChI=1S/C13H15N3OS2/c1-7(2)16-12-10(13(17)15-16)11(19-8(3)14-12)9-5-4-6-18-9/h4-7,11H,1-3H3,(H,15,17)/t11-/m0/s1. The van der Waals surface area contributed by atoms with Crippen LogP contribution in [0.1, 0.15) is 42.5 Å². The Kier molecular flexibility index (Phi) is 3.14. The fraction of sp³-hybridized carbons (Fsp3) is 0.385. The van der Waals surface area contributed by atoms with E-state index in [1.54, 1.807) is 23.1 Å². The molecule has 0 aromatic carbocycles. The van der Waals surface area contributed by atoms with E-state index in [0.29, 0.717) is 0 Å². The number of H-pyrrole nitrogens is 1. The Morgan fingerprint density at radius 1 is 1.47 bits per heavy atom. The van der Waals surface area contributed by atoms with Crippen LogP contribution in [0.5, 0.6) is 0 Å². The third-order valence-corrected chi connectivity index (χ3v) is 5.31. The molecule has 3 rings (SSSR count). The summed E-state index contributed by atoms with van der Waals surface area (Å²) >= 11 is 3.34. The molecular formula is C13H15N3OS2. The fourth-order valence-corrected chi connectivity index (χ4v) is 4.25. The average Bonchev–Trinajstić information content (AvgIpc) is 2.96. The maximum Gasteiger partial charge on any atom is 0.271 e. The summed E-state index contributed by atoms with van der Waals surface area (Å²) in [6.07, 6.45) is 0. The van der Waals surface area contributed by atoms with E-state index >= 15 is 0 Å². The molecule has 0 unspecified atom stereocenters. The molecule has 19 heavy (non-hydrogen) atoms. The number of nitrogens with zero attached hydrogens (tertiary/aromatic N) is 2. The van der Waals surface area contributed by atoms with Crippen molar-refractivity contribution in [1.82, 2.24) is 9.78 Å². The molecule has 2 aromatic rings. The zero-order valence-corrected chi connectivity index (χ0v) is 12.6. The Morgan fingerprint density at radius 2 is 2.26 bits per heavy atom. The van der Waals surface area contributed by atoms with Gasteiger partial charge >= 0.3 is 0 Å². The van der Waals surface area contributed by atoms with E-state index in [4.69, 9.17) is 0 Å².